The molecule has 0 bridgehead atoms. The Balaban J connectivity index is 2.27. The molecule has 0 saturated heterocycles. The van der Waals surface area contributed by atoms with Crippen molar-refractivity contribution in [3.05, 3.63) is 47.4 Å². The summed E-state index contributed by atoms with van der Waals surface area (Å²) in [6.45, 7) is 11.0. The molecule has 5 N–H and O–H groups in total. The summed E-state index contributed by atoms with van der Waals surface area (Å²) in [5, 5.41) is 4.34. The van der Waals surface area contributed by atoms with E-state index in [2.05, 4.69) is 61.3 Å². The number of H-pyrrole nitrogens is 1. The molecule has 19 heavy (non-hydrogen) atoms. The van der Waals surface area contributed by atoms with E-state index in [1.165, 1.54) is 22.0 Å². The third-order valence-corrected chi connectivity index (χ3v) is 3.35. The van der Waals surface area contributed by atoms with Crippen molar-refractivity contribution in [3.63, 3.8) is 0 Å². The first-order chi connectivity index (χ1) is 9.01. The first-order valence-corrected chi connectivity index (χ1v) is 6.52. The maximum absolute atomic E-state index is 5.26. The summed E-state index contributed by atoms with van der Waals surface area (Å²) in [7, 11) is 0. The van der Waals surface area contributed by atoms with Crippen LogP contribution in [0.3, 0.4) is 0 Å². The van der Waals surface area contributed by atoms with Gasteiger partial charge in [0.2, 0.25) is 0 Å². The number of benzene rings is 1. The molecule has 0 aliphatic heterocycles. The molecule has 1 aromatic carbocycles. The molecule has 102 valence electrons. The van der Waals surface area contributed by atoms with Crippen LogP contribution in [-0.2, 0) is 6.54 Å². The van der Waals surface area contributed by atoms with Crippen LogP contribution in [-0.4, -0.2) is 4.98 Å². The van der Waals surface area contributed by atoms with Crippen LogP contribution < -0.4 is 16.6 Å². The van der Waals surface area contributed by atoms with Gasteiger partial charge >= 0.3 is 0 Å². The lowest BCUT2D eigenvalue weighted by atomic mass is 9.97. The Morgan fingerprint density at radius 3 is 2.74 bits per heavy atom. The van der Waals surface area contributed by atoms with Crippen LogP contribution in [0, 0.1) is 6.92 Å². The smallest absolute Gasteiger partial charge is 0.106 e. The number of hydrogen-bond acceptors (Lipinski definition) is 3. The molecule has 4 heteroatoms. The second-order valence-corrected chi connectivity index (χ2v) is 5.22. The van der Waals surface area contributed by atoms with Crippen molar-refractivity contribution < 1.29 is 0 Å². The molecule has 4 nitrogen and oxygen atoms in total. The number of fused-ring (bicyclic) bond motifs is 1. The van der Waals surface area contributed by atoms with Gasteiger partial charge in [0.1, 0.15) is 5.82 Å². The first kappa shape index (κ1) is 13.5. The lowest BCUT2D eigenvalue weighted by Gasteiger charge is -2.09. The largest absolute Gasteiger partial charge is 0.366 e. The molecule has 1 heterocycles. The minimum Gasteiger partial charge on any atom is -0.366 e. The molecule has 0 spiro atoms. The highest BCUT2D eigenvalue weighted by molar-refractivity contribution is 5.82. The van der Waals surface area contributed by atoms with Gasteiger partial charge in [-0.25, -0.2) is 5.84 Å². The van der Waals surface area contributed by atoms with E-state index in [1.54, 1.807) is 0 Å². The highest BCUT2D eigenvalue weighted by Crippen LogP contribution is 2.25. The summed E-state index contributed by atoms with van der Waals surface area (Å²) in [6.07, 6.45) is 0. The molecule has 0 aliphatic carbocycles. The van der Waals surface area contributed by atoms with Crippen LogP contribution in [0.4, 0.5) is 0 Å². The van der Waals surface area contributed by atoms with Gasteiger partial charge in [0, 0.05) is 11.2 Å². The van der Waals surface area contributed by atoms with E-state index in [1.807, 2.05) is 0 Å². The van der Waals surface area contributed by atoms with E-state index in [0.29, 0.717) is 18.3 Å². The zero-order valence-corrected chi connectivity index (χ0v) is 11.8. The van der Waals surface area contributed by atoms with Crippen LogP contribution in [0.1, 0.15) is 36.6 Å². The molecular weight excluding hydrogens is 236 g/mol. The fourth-order valence-electron chi connectivity index (χ4n) is 2.34. The number of aromatic amines is 1. The molecule has 0 unspecified atom stereocenters. The Labute approximate surface area is 114 Å². The average Bonchev–Trinajstić information content (AvgIpc) is 2.76. The molecule has 0 saturated carbocycles. The molecule has 0 radical (unpaired) electrons. The van der Waals surface area contributed by atoms with Gasteiger partial charge in [0.15, 0.2) is 0 Å². The summed E-state index contributed by atoms with van der Waals surface area (Å²) in [5.74, 6) is 6.41. The SMILES string of the molecule is C=C(NN)NCc1cc2cc(C)c(C(C)C)cc2[nH]1. The van der Waals surface area contributed by atoms with Crippen molar-refractivity contribution in [2.24, 2.45) is 5.84 Å². The van der Waals surface area contributed by atoms with Crippen LogP contribution in [0.15, 0.2) is 30.6 Å². The van der Waals surface area contributed by atoms with E-state index in [9.17, 15) is 0 Å². The summed E-state index contributed by atoms with van der Waals surface area (Å²) in [5.41, 5.74) is 7.51. The lowest BCUT2D eigenvalue weighted by Crippen LogP contribution is -2.30. The number of nitrogens with one attached hydrogen (secondary N) is 3. The van der Waals surface area contributed by atoms with Gasteiger partial charge in [-0.15, -0.1) is 0 Å². The van der Waals surface area contributed by atoms with Gasteiger partial charge in [0.05, 0.1) is 6.54 Å². The highest BCUT2D eigenvalue weighted by atomic mass is 15.3. The molecule has 1 aromatic heterocycles. The highest BCUT2D eigenvalue weighted by Gasteiger charge is 2.08. The van der Waals surface area contributed by atoms with Crippen molar-refractivity contribution in [3.8, 4) is 0 Å². The van der Waals surface area contributed by atoms with Crippen molar-refractivity contribution in [1.82, 2.24) is 15.7 Å². The molecule has 0 atom stereocenters. The summed E-state index contributed by atoms with van der Waals surface area (Å²) < 4.78 is 0. The fraction of sp³-hybridized carbons (Fsp3) is 0.333. The van der Waals surface area contributed by atoms with E-state index in [-0.39, 0.29) is 0 Å². The number of aromatic nitrogens is 1. The Morgan fingerprint density at radius 2 is 2.11 bits per heavy atom. The van der Waals surface area contributed by atoms with Gasteiger partial charge in [-0.05, 0) is 47.6 Å². The van der Waals surface area contributed by atoms with Crippen molar-refractivity contribution >= 4 is 10.9 Å². The Hall–Kier alpha value is -1.94. The second kappa shape index (κ2) is 5.36. The van der Waals surface area contributed by atoms with Gasteiger partial charge in [-0.2, -0.15) is 0 Å². The predicted molar refractivity (Wildman–Crippen MR) is 80.4 cm³/mol. The Bertz CT molecular complexity index is 595. The summed E-state index contributed by atoms with van der Waals surface area (Å²) in [6, 6.07) is 6.64. The van der Waals surface area contributed by atoms with Gasteiger partial charge in [0.25, 0.3) is 0 Å². The number of aryl methyl sites for hydroxylation is 1. The number of rotatable bonds is 5. The summed E-state index contributed by atoms with van der Waals surface area (Å²) >= 11 is 0. The quantitative estimate of drug-likeness (QED) is 0.492. The molecular formula is C15H22N4. The Kier molecular flexibility index (Phi) is 3.81. The standard InChI is InChI=1S/C15H22N4/c1-9(2)14-7-15-12(5-10(14)3)6-13(18-15)8-17-11(4)19-16/h5-7,9,17-19H,4,8,16H2,1-3H3. The predicted octanol–water partition coefficient (Wildman–Crippen LogP) is 2.62. The van der Waals surface area contributed by atoms with Crippen LogP contribution in [0.25, 0.3) is 10.9 Å². The van der Waals surface area contributed by atoms with Gasteiger partial charge in [-0.3, -0.25) is 0 Å². The van der Waals surface area contributed by atoms with E-state index in [4.69, 9.17) is 5.84 Å². The maximum atomic E-state index is 5.26. The van der Waals surface area contributed by atoms with Gasteiger partial charge in [-0.1, -0.05) is 20.4 Å². The number of hydrogen-bond donors (Lipinski definition) is 4. The second-order valence-electron chi connectivity index (χ2n) is 5.22. The van der Waals surface area contributed by atoms with Crippen LogP contribution in [0.5, 0.6) is 0 Å². The summed E-state index contributed by atoms with van der Waals surface area (Å²) in [4.78, 5) is 3.43. The molecule has 0 amide bonds. The number of nitrogens with two attached hydrogens (primary N) is 1. The fourth-order valence-corrected chi connectivity index (χ4v) is 2.34. The minimum atomic E-state index is 0.537. The molecule has 0 aliphatic rings. The van der Waals surface area contributed by atoms with E-state index < -0.39 is 0 Å². The van der Waals surface area contributed by atoms with Gasteiger partial charge < -0.3 is 15.7 Å². The topological polar surface area (TPSA) is 65.9 Å². The van der Waals surface area contributed by atoms with E-state index in [0.717, 1.165) is 5.69 Å². The minimum absolute atomic E-state index is 0.537. The third kappa shape index (κ3) is 2.90. The molecule has 2 aromatic rings. The van der Waals surface area contributed by atoms with Crippen LogP contribution >= 0.6 is 0 Å². The third-order valence-electron chi connectivity index (χ3n) is 3.35. The van der Waals surface area contributed by atoms with Crippen molar-refractivity contribution in [1.29, 1.82) is 0 Å². The van der Waals surface area contributed by atoms with Crippen LogP contribution in [0.2, 0.25) is 0 Å². The van der Waals surface area contributed by atoms with Crippen molar-refractivity contribution in [2.45, 2.75) is 33.2 Å². The zero-order chi connectivity index (χ0) is 14.0. The monoisotopic (exact) mass is 258 g/mol. The zero-order valence-electron chi connectivity index (χ0n) is 11.8. The molecule has 0 fully saturated rings. The van der Waals surface area contributed by atoms with E-state index >= 15 is 0 Å². The molecule has 2 rings (SSSR count). The normalized spacial score (nSPS) is 11.0. The Morgan fingerprint density at radius 1 is 1.37 bits per heavy atom. The number of hydrazine groups is 1. The maximum Gasteiger partial charge on any atom is 0.106 e. The first-order valence-electron chi connectivity index (χ1n) is 6.52. The average molecular weight is 258 g/mol. The lowest BCUT2D eigenvalue weighted by molar-refractivity contribution is 0.702. The van der Waals surface area contributed by atoms with Crippen molar-refractivity contribution in [2.75, 3.05) is 0 Å².